The summed E-state index contributed by atoms with van der Waals surface area (Å²) in [5.74, 6) is -2.50. The monoisotopic (exact) mass is 408 g/mol. The highest BCUT2D eigenvalue weighted by molar-refractivity contribution is 6.00. The topological polar surface area (TPSA) is 92.8 Å². The lowest BCUT2D eigenvalue weighted by atomic mass is 10.1. The first-order valence-electron chi connectivity index (χ1n) is 9.74. The van der Waals surface area contributed by atoms with E-state index in [4.69, 9.17) is 4.74 Å². The number of carbonyl (C=O) groups excluding carboxylic acids is 4. The van der Waals surface area contributed by atoms with Crippen LogP contribution >= 0.6 is 0 Å². The maximum absolute atomic E-state index is 12.5. The molecule has 30 heavy (non-hydrogen) atoms. The van der Waals surface area contributed by atoms with Crippen LogP contribution in [-0.4, -0.2) is 41.2 Å². The van der Waals surface area contributed by atoms with Crippen molar-refractivity contribution in [1.29, 1.82) is 0 Å². The molecule has 2 amide bonds. The van der Waals surface area contributed by atoms with E-state index in [9.17, 15) is 19.2 Å². The van der Waals surface area contributed by atoms with E-state index in [1.165, 1.54) is 6.92 Å². The summed E-state index contributed by atoms with van der Waals surface area (Å²) in [4.78, 5) is 49.4. The Labute approximate surface area is 175 Å². The fraction of sp³-hybridized carbons (Fsp3) is 0.304. The number of amides is 2. The van der Waals surface area contributed by atoms with Gasteiger partial charge in [-0.1, -0.05) is 47.5 Å². The van der Waals surface area contributed by atoms with E-state index >= 15 is 0 Å². The molecule has 1 aliphatic heterocycles. The van der Waals surface area contributed by atoms with Gasteiger partial charge in [0.2, 0.25) is 11.7 Å². The molecule has 1 N–H and O–H groups in total. The lowest BCUT2D eigenvalue weighted by molar-refractivity contribution is -0.151. The number of hydrogen-bond acceptors (Lipinski definition) is 5. The molecule has 7 nitrogen and oxygen atoms in total. The lowest BCUT2D eigenvalue weighted by Gasteiger charge is -2.18. The Morgan fingerprint density at radius 1 is 0.967 bits per heavy atom. The number of esters is 1. The second-order valence-corrected chi connectivity index (χ2v) is 7.52. The number of aryl methyl sites for hydroxylation is 2. The molecule has 1 saturated heterocycles. The van der Waals surface area contributed by atoms with Crippen molar-refractivity contribution in [2.45, 2.75) is 33.3 Å². The number of hydrogen-bond donors (Lipinski definition) is 1. The SMILES string of the molecule is Cc1ccc(C(=O)NN2C[C@@H](C(=O)O[C@@H](C)C(=O)c3ccc(C)cc3)CC2=O)cc1. The molecule has 1 heterocycles. The summed E-state index contributed by atoms with van der Waals surface area (Å²) < 4.78 is 5.30. The highest BCUT2D eigenvalue weighted by Gasteiger charge is 2.37. The van der Waals surface area contributed by atoms with Gasteiger partial charge in [0.1, 0.15) is 0 Å². The number of nitrogens with zero attached hydrogens (tertiary/aromatic N) is 1. The van der Waals surface area contributed by atoms with Crippen LogP contribution in [0.15, 0.2) is 48.5 Å². The van der Waals surface area contributed by atoms with Crippen LogP contribution in [0.2, 0.25) is 0 Å². The second kappa shape index (κ2) is 8.90. The summed E-state index contributed by atoms with van der Waals surface area (Å²) in [5.41, 5.74) is 5.43. The number of hydrazine groups is 1. The quantitative estimate of drug-likeness (QED) is 0.586. The smallest absolute Gasteiger partial charge is 0.312 e. The molecule has 0 radical (unpaired) electrons. The maximum atomic E-state index is 12.5. The van der Waals surface area contributed by atoms with Gasteiger partial charge < -0.3 is 4.74 Å². The molecule has 2 aromatic carbocycles. The zero-order valence-electron chi connectivity index (χ0n) is 17.2. The zero-order chi connectivity index (χ0) is 21.8. The van der Waals surface area contributed by atoms with E-state index < -0.39 is 23.9 Å². The minimum Gasteiger partial charge on any atom is -0.454 e. The normalized spacial score (nSPS) is 16.8. The highest BCUT2D eigenvalue weighted by atomic mass is 16.5. The Morgan fingerprint density at radius 3 is 2.07 bits per heavy atom. The summed E-state index contributed by atoms with van der Waals surface area (Å²) in [6.45, 7) is 5.33. The third-order valence-corrected chi connectivity index (χ3v) is 5.01. The summed E-state index contributed by atoms with van der Waals surface area (Å²) in [7, 11) is 0. The summed E-state index contributed by atoms with van der Waals surface area (Å²) in [5, 5.41) is 1.13. The van der Waals surface area contributed by atoms with Gasteiger partial charge in [-0.25, -0.2) is 0 Å². The van der Waals surface area contributed by atoms with Crippen molar-refractivity contribution in [3.8, 4) is 0 Å². The molecule has 0 aromatic heterocycles. The Bertz CT molecular complexity index is 966. The van der Waals surface area contributed by atoms with Crippen LogP contribution in [0.1, 0.15) is 45.2 Å². The van der Waals surface area contributed by atoms with E-state index in [0.717, 1.165) is 16.1 Å². The van der Waals surface area contributed by atoms with Crippen LogP contribution in [0.5, 0.6) is 0 Å². The molecule has 2 aromatic rings. The molecule has 2 atom stereocenters. The predicted octanol–water partition coefficient (Wildman–Crippen LogP) is 2.61. The van der Waals surface area contributed by atoms with Crippen molar-refractivity contribution in [1.82, 2.24) is 10.4 Å². The van der Waals surface area contributed by atoms with Gasteiger partial charge in [-0.3, -0.25) is 29.6 Å². The minimum absolute atomic E-state index is 0.000705. The molecule has 0 spiro atoms. The molecular weight excluding hydrogens is 384 g/mol. The molecule has 0 aliphatic carbocycles. The van der Waals surface area contributed by atoms with E-state index in [1.807, 2.05) is 26.0 Å². The standard InChI is InChI=1S/C23H24N2O5/c1-14-4-8-17(9-5-14)21(27)16(3)30-23(29)19-12-20(26)25(13-19)24-22(28)18-10-6-15(2)7-11-18/h4-11,16,19H,12-13H2,1-3H3,(H,24,28)/t16-,19-/m0/s1. The molecule has 0 saturated carbocycles. The van der Waals surface area contributed by atoms with Crippen LogP contribution in [0.25, 0.3) is 0 Å². The van der Waals surface area contributed by atoms with Crippen molar-refractivity contribution in [3.63, 3.8) is 0 Å². The average molecular weight is 408 g/mol. The van der Waals surface area contributed by atoms with Crippen LogP contribution in [0, 0.1) is 19.8 Å². The molecule has 156 valence electrons. The van der Waals surface area contributed by atoms with E-state index in [1.54, 1.807) is 36.4 Å². The largest absolute Gasteiger partial charge is 0.454 e. The molecule has 0 bridgehead atoms. The minimum atomic E-state index is -0.966. The number of ketones is 1. The highest BCUT2D eigenvalue weighted by Crippen LogP contribution is 2.19. The van der Waals surface area contributed by atoms with Gasteiger partial charge in [-0.2, -0.15) is 0 Å². The first-order valence-corrected chi connectivity index (χ1v) is 9.74. The van der Waals surface area contributed by atoms with Crippen molar-refractivity contribution >= 4 is 23.6 Å². The Hall–Kier alpha value is -3.48. The van der Waals surface area contributed by atoms with Gasteiger partial charge in [0.05, 0.1) is 12.5 Å². The van der Waals surface area contributed by atoms with E-state index in [0.29, 0.717) is 11.1 Å². The first kappa shape index (κ1) is 21.2. The van der Waals surface area contributed by atoms with Crippen LogP contribution in [0.4, 0.5) is 0 Å². The average Bonchev–Trinajstić information content (AvgIpc) is 3.09. The van der Waals surface area contributed by atoms with Gasteiger partial charge in [-0.15, -0.1) is 0 Å². The molecule has 3 rings (SSSR count). The predicted molar refractivity (Wildman–Crippen MR) is 110 cm³/mol. The Morgan fingerprint density at radius 2 is 1.50 bits per heavy atom. The number of benzene rings is 2. The van der Waals surface area contributed by atoms with Crippen LogP contribution < -0.4 is 5.43 Å². The molecular formula is C23H24N2O5. The maximum Gasteiger partial charge on any atom is 0.312 e. The fourth-order valence-electron chi connectivity index (χ4n) is 3.14. The van der Waals surface area contributed by atoms with Crippen molar-refractivity contribution < 1.29 is 23.9 Å². The zero-order valence-corrected chi connectivity index (χ0v) is 17.2. The third-order valence-electron chi connectivity index (χ3n) is 5.01. The van der Waals surface area contributed by atoms with Gasteiger partial charge in [0, 0.05) is 17.5 Å². The first-order chi connectivity index (χ1) is 14.2. The van der Waals surface area contributed by atoms with Gasteiger partial charge >= 0.3 is 5.97 Å². The van der Waals surface area contributed by atoms with Crippen molar-refractivity contribution in [2.75, 3.05) is 6.54 Å². The Balaban J connectivity index is 1.56. The number of rotatable bonds is 6. The number of Topliss-reactive ketones (excluding diaryl/α,β-unsaturated/α-hetero) is 1. The van der Waals surface area contributed by atoms with Crippen LogP contribution in [0.3, 0.4) is 0 Å². The molecule has 7 heteroatoms. The Kier molecular flexibility index (Phi) is 6.30. The number of nitrogens with one attached hydrogen (secondary N) is 1. The molecule has 1 aliphatic rings. The summed E-state index contributed by atoms with van der Waals surface area (Å²) in [6.07, 6.45) is -1.05. The van der Waals surface area contributed by atoms with E-state index in [-0.39, 0.29) is 24.7 Å². The summed E-state index contributed by atoms with van der Waals surface area (Å²) in [6, 6.07) is 13.9. The molecule has 1 fully saturated rings. The van der Waals surface area contributed by atoms with E-state index in [2.05, 4.69) is 5.43 Å². The summed E-state index contributed by atoms with van der Waals surface area (Å²) >= 11 is 0. The fourth-order valence-corrected chi connectivity index (χ4v) is 3.14. The second-order valence-electron chi connectivity index (χ2n) is 7.52. The van der Waals surface area contributed by atoms with Crippen molar-refractivity contribution in [3.05, 3.63) is 70.8 Å². The molecule has 0 unspecified atom stereocenters. The lowest BCUT2D eigenvalue weighted by Crippen LogP contribution is -2.43. The van der Waals surface area contributed by atoms with Gasteiger partial charge in [0.25, 0.3) is 5.91 Å². The van der Waals surface area contributed by atoms with Crippen LogP contribution in [-0.2, 0) is 14.3 Å². The number of ether oxygens (including phenoxy) is 1. The third kappa shape index (κ3) is 4.92. The number of carbonyl (C=O) groups is 4. The van der Waals surface area contributed by atoms with Crippen molar-refractivity contribution in [2.24, 2.45) is 5.92 Å². The van der Waals surface area contributed by atoms with Gasteiger partial charge in [-0.05, 0) is 32.9 Å². The van der Waals surface area contributed by atoms with Gasteiger partial charge in [0.15, 0.2) is 6.10 Å².